The molecular weight excluding hydrogens is 1330 g/mol. The molecule has 8 unspecified atom stereocenters. The lowest BCUT2D eigenvalue weighted by molar-refractivity contribution is -0.226. The minimum atomic E-state index is -0.555. The van der Waals surface area contributed by atoms with Crippen LogP contribution >= 0.6 is 0 Å². The summed E-state index contributed by atoms with van der Waals surface area (Å²) in [5.74, 6) is 0.801. The SMILES string of the molecule is CCC(C)(C)C(=O)OC1(C)CCCc2ccccc21.CCC(C)(C)C(=O)OC1(CC)CCCc2ccccc21.CCC(C)(C)C(=O)OC12CC3CC(CC(O)(C3)C1)C2.CCC(C)(C)C(=O)OC12CC3CC(CC(O)(C3)C1)C2.CCC(C)(C)C(=O)OC1COC(=O)C1.CCC(C)(C)C(=O)OC1COC(=O)C1. The van der Waals surface area contributed by atoms with E-state index >= 15 is 0 Å². The molecule has 105 heavy (non-hydrogen) atoms. The lowest BCUT2D eigenvalue weighted by Gasteiger charge is -2.59. The Bertz CT molecular complexity index is 3210. The van der Waals surface area contributed by atoms with Gasteiger partial charge < -0.3 is 48.1 Å². The lowest BCUT2D eigenvalue weighted by atomic mass is 9.52. The van der Waals surface area contributed by atoms with Crippen molar-refractivity contribution in [2.45, 2.75) is 358 Å². The van der Waals surface area contributed by atoms with Crippen molar-refractivity contribution in [1.29, 1.82) is 0 Å². The summed E-state index contributed by atoms with van der Waals surface area (Å²) < 4.78 is 43.6. The summed E-state index contributed by atoms with van der Waals surface area (Å²) >= 11 is 0. The van der Waals surface area contributed by atoms with Gasteiger partial charge in [-0.1, -0.05) is 97.0 Å². The highest BCUT2D eigenvalue weighted by Crippen LogP contribution is 2.61. The Labute approximate surface area is 629 Å². The molecule has 0 spiro atoms. The van der Waals surface area contributed by atoms with Crippen LogP contribution in [0.3, 0.4) is 0 Å². The molecule has 2 aromatic rings. The maximum Gasteiger partial charge on any atom is 0.312 e. The minimum Gasteiger partial charge on any atom is -0.462 e. The van der Waals surface area contributed by atoms with Crippen molar-refractivity contribution < 1.29 is 86.5 Å². The first-order valence-corrected chi connectivity index (χ1v) is 40.1. The number of aryl methyl sites for hydroxylation is 2. The zero-order chi connectivity index (χ0) is 78.2. The van der Waals surface area contributed by atoms with Gasteiger partial charge in [-0.3, -0.25) is 38.4 Å². The van der Waals surface area contributed by atoms with Crippen LogP contribution in [-0.2, 0) is 100 Å². The van der Waals surface area contributed by atoms with Gasteiger partial charge in [0.05, 0.1) is 56.5 Å². The first kappa shape index (κ1) is 86.4. The zero-order valence-electron chi connectivity index (χ0n) is 68.0. The molecule has 0 amide bonds. The third kappa shape index (κ3) is 21.5. The third-order valence-electron chi connectivity index (χ3n) is 25.8. The lowest BCUT2D eigenvalue weighted by Crippen LogP contribution is -2.61. The maximum atomic E-state index is 12.5. The molecule has 590 valence electrons. The summed E-state index contributed by atoms with van der Waals surface area (Å²) in [7, 11) is 0. The van der Waals surface area contributed by atoms with Gasteiger partial charge in [0.1, 0.15) is 47.8 Å². The van der Waals surface area contributed by atoms with Crippen molar-refractivity contribution in [2.24, 2.45) is 56.2 Å². The van der Waals surface area contributed by atoms with Crippen LogP contribution in [0.5, 0.6) is 0 Å². The summed E-state index contributed by atoms with van der Waals surface area (Å²) in [4.78, 5) is 94.3. The Morgan fingerprint density at radius 1 is 0.429 bits per heavy atom. The van der Waals surface area contributed by atoms with Crippen LogP contribution in [0.15, 0.2) is 48.5 Å². The van der Waals surface area contributed by atoms with E-state index in [2.05, 4.69) is 50.2 Å². The van der Waals surface area contributed by atoms with Crippen molar-refractivity contribution in [3.63, 3.8) is 0 Å². The van der Waals surface area contributed by atoms with E-state index in [4.69, 9.17) is 37.9 Å². The quantitative estimate of drug-likeness (QED) is 0.0979. The molecule has 2 aromatic carbocycles. The van der Waals surface area contributed by atoms with E-state index in [9.17, 15) is 48.6 Å². The number of ether oxygens (including phenoxy) is 8. The molecule has 10 aliphatic carbocycles. The molecule has 8 saturated carbocycles. The fourth-order valence-electron chi connectivity index (χ4n) is 17.0. The third-order valence-corrected chi connectivity index (χ3v) is 25.8. The highest BCUT2D eigenvalue weighted by atomic mass is 16.6. The number of carbonyl (C=O) groups is 8. The van der Waals surface area contributed by atoms with Crippen LogP contribution in [0.1, 0.15) is 321 Å². The van der Waals surface area contributed by atoms with E-state index in [1.807, 2.05) is 137 Å². The highest BCUT2D eigenvalue weighted by Gasteiger charge is 2.61. The summed E-state index contributed by atoms with van der Waals surface area (Å²) in [6, 6.07) is 16.7. The van der Waals surface area contributed by atoms with Crippen LogP contribution in [0.4, 0.5) is 0 Å². The van der Waals surface area contributed by atoms with Gasteiger partial charge in [-0.25, -0.2) is 0 Å². The molecule has 2 N–H and O–H groups in total. The molecule has 8 bridgehead atoms. The van der Waals surface area contributed by atoms with E-state index in [0.29, 0.717) is 49.4 Å². The number of cyclic esters (lactones) is 2. The van der Waals surface area contributed by atoms with Crippen LogP contribution in [0.2, 0.25) is 0 Å². The fraction of sp³-hybridized carbons (Fsp3) is 0.770. The second-order valence-corrected chi connectivity index (χ2v) is 37.1. The topological polar surface area (TPSA) is 251 Å². The van der Waals surface area contributed by atoms with Crippen LogP contribution in [0.25, 0.3) is 0 Å². The molecule has 8 atom stereocenters. The Kier molecular flexibility index (Phi) is 27.9. The van der Waals surface area contributed by atoms with Gasteiger partial charge in [-0.2, -0.15) is 0 Å². The Morgan fingerprint density at radius 3 is 1.08 bits per heavy atom. The molecule has 2 saturated heterocycles. The van der Waals surface area contributed by atoms with Crippen LogP contribution < -0.4 is 0 Å². The Morgan fingerprint density at radius 2 is 0.743 bits per heavy atom. The monoisotopic (exact) mass is 1470 g/mol. The van der Waals surface area contributed by atoms with Crippen molar-refractivity contribution in [3.05, 3.63) is 70.8 Å². The molecule has 14 rings (SSSR count). The number of aliphatic hydroxyl groups is 2. The molecule has 0 radical (unpaired) electrons. The molecule has 0 aromatic heterocycles. The number of benzene rings is 2. The number of hydrogen-bond donors (Lipinski definition) is 2. The highest BCUT2D eigenvalue weighted by molar-refractivity contribution is 5.80. The number of fused-ring (bicyclic) bond motifs is 2. The summed E-state index contributed by atoms with van der Waals surface area (Å²) in [6.07, 6.45) is 22.6. The average Bonchev–Trinajstić information content (AvgIpc) is 1.06. The molecule has 2 heterocycles. The summed E-state index contributed by atoms with van der Waals surface area (Å²) in [6.45, 7) is 39.5. The van der Waals surface area contributed by atoms with E-state index in [0.717, 1.165) is 122 Å². The van der Waals surface area contributed by atoms with Crippen LogP contribution in [-0.4, -0.2) is 106 Å². The second-order valence-electron chi connectivity index (χ2n) is 37.1. The van der Waals surface area contributed by atoms with Gasteiger partial charge in [-0.15, -0.1) is 0 Å². The zero-order valence-corrected chi connectivity index (χ0v) is 68.0. The molecular formula is C87H134O18. The van der Waals surface area contributed by atoms with Crippen molar-refractivity contribution >= 4 is 47.8 Å². The van der Waals surface area contributed by atoms with Gasteiger partial charge in [-0.05, 0) is 284 Å². The Hall–Kier alpha value is -5.88. The fourth-order valence-corrected chi connectivity index (χ4v) is 17.0. The van der Waals surface area contributed by atoms with E-state index in [1.54, 1.807) is 0 Å². The maximum absolute atomic E-state index is 12.5. The first-order valence-electron chi connectivity index (χ1n) is 40.1. The minimum absolute atomic E-state index is 0.0708. The van der Waals surface area contributed by atoms with Gasteiger partial charge >= 0.3 is 47.8 Å². The normalized spacial score (nSPS) is 30.3. The number of carbonyl (C=O) groups excluding carboxylic acids is 8. The Balaban J connectivity index is 0.000000177. The molecule has 12 aliphatic rings. The van der Waals surface area contributed by atoms with E-state index in [1.165, 1.54) is 35.1 Å². The smallest absolute Gasteiger partial charge is 0.312 e. The van der Waals surface area contributed by atoms with Gasteiger partial charge in [0, 0.05) is 12.8 Å². The van der Waals surface area contributed by atoms with E-state index in [-0.39, 0.29) is 97.2 Å². The van der Waals surface area contributed by atoms with E-state index < -0.39 is 54.9 Å². The predicted molar refractivity (Wildman–Crippen MR) is 403 cm³/mol. The number of rotatable bonds is 19. The number of esters is 8. The summed E-state index contributed by atoms with van der Waals surface area (Å²) in [5, 5.41) is 21.3. The van der Waals surface area contributed by atoms with Crippen molar-refractivity contribution in [3.8, 4) is 0 Å². The average molecular weight is 1470 g/mol. The van der Waals surface area contributed by atoms with Crippen molar-refractivity contribution in [1.82, 2.24) is 0 Å². The number of hydrogen-bond acceptors (Lipinski definition) is 18. The standard InChI is InChI=1S/C18H26O2.C17H24O2.2C16H26O3.2C10H16O4/c1-5-17(3,4)16(19)20-18(6-2)13-9-11-14-10-7-8-12-15(14)18;1-5-16(2,3)15(18)19-17(4)12-8-10-13-9-6-7-11-14(13)17;2*1-4-14(2,3)13(17)19-16-8-11-5-12(9-16)7-15(18,6-11)10-16;2*1-4-10(2,3)9(12)14-7-5-8(11)13-6-7/h7-8,10,12H,5-6,9,11,13H2,1-4H3;6-7,9,11H,5,8,10,12H2,1-4H3;2*11-12,18H,4-10H2,1-3H3;2*7H,4-6H2,1-3H3. The molecule has 18 nitrogen and oxygen atoms in total. The molecule has 10 fully saturated rings. The van der Waals surface area contributed by atoms with Gasteiger partial charge in [0.25, 0.3) is 0 Å². The van der Waals surface area contributed by atoms with Gasteiger partial charge in [0.2, 0.25) is 0 Å². The molecule has 2 aliphatic heterocycles. The van der Waals surface area contributed by atoms with Crippen LogP contribution in [0, 0.1) is 56.2 Å². The van der Waals surface area contributed by atoms with Gasteiger partial charge in [0.15, 0.2) is 0 Å². The predicted octanol–water partition coefficient (Wildman–Crippen LogP) is 17.5. The second kappa shape index (κ2) is 33.9. The first-order chi connectivity index (χ1) is 48.8. The molecule has 18 heteroatoms. The largest absolute Gasteiger partial charge is 0.462 e. The summed E-state index contributed by atoms with van der Waals surface area (Å²) in [5.41, 5.74) is -0.251. The van der Waals surface area contributed by atoms with Crippen molar-refractivity contribution in [2.75, 3.05) is 13.2 Å².